The van der Waals surface area contributed by atoms with Crippen LogP contribution in [0.4, 0.5) is 0 Å². The van der Waals surface area contributed by atoms with E-state index < -0.39 is 6.10 Å². The lowest BCUT2D eigenvalue weighted by Gasteiger charge is -2.41. The van der Waals surface area contributed by atoms with Gasteiger partial charge in [-0.2, -0.15) is 0 Å². The highest BCUT2D eigenvalue weighted by Gasteiger charge is 2.40. The van der Waals surface area contributed by atoms with Crippen molar-refractivity contribution in [2.45, 2.75) is 185 Å². The number of rotatable bonds is 7. The number of nitrogens with zero attached hydrogens (tertiary/aromatic N) is 1. The molecule has 6 rings (SSSR count). The summed E-state index contributed by atoms with van der Waals surface area (Å²) in [5, 5.41) is 28.5. The number of fused-ring (bicyclic) bond motifs is 2. The fraction of sp³-hybridized carbons (Fsp3) is 0.826. The van der Waals surface area contributed by atoms with Crippen molar-refractivity contribution in [2.24, 2.45) is 40.5 Å². The number of esters is 1. The van der Waals surface area contributed by atoms with Crippen molar-refractivity contribution < 1.29 is 34.0 Å². The Kier molecular flexibility index (Phi) is 16.8. The number of Topliss-reactive ketones (excluding diaryl/α,β-unsaturated/α-hetero) is 1. The molecular weight excluding hydrogens is 707 g/mol. The number of carbonyl (C=O) groups is 2. The second-order valence-corrected chi connectivity index (χ2v) is 18.2. The molecule has 0 spiro atoms. The van der Waals surface area contributed by atoms with Crippen LogP contribution in [0.25, 0.3) is 0 Å². The van der Waals surface area contributed by atoms with E-state index in [2.05, 4.69) is 47.1 Å². The first-order chi connectivity index (χ1) is 27.2. The smallest absolute Gasteiger partial charge is 0.302 e. The van der Waals surface area contributed by atoms with Crippen molar-refractivity contribution in [1.29, 1.82) is 0 Å². The number of hydrogen-bond acceptors (Lipinski definition) is 10. The van der Waals surface area contributed by atoms with E-state index in [1.54, 1.807) is 7.11 Å². The van der Waals surface area contributed by atoms with E-state index in [1.807, 2.05) is 0 Å². The van der Waals surface area contributed by atoms with Crippen molar-refractivity contribution in [3.05, 3.63) is 17.7 Å². The molecule has 4 fully saturated rings. The molecule has 0 aromatic rings. The Balaban J connectivity index is 1.21. The number of piperidine rings is 1. The molecule has 6 aliphatic rings. The summed E-state index contributed by atoms with van der Waals surface area (Å²) in [5.41, 5.74) is 2.67. The van der Waals surface area contributed by atoms with Crippen LogP contribution < -0.4 is 10.6 Å². The highest BCUT2D eigenvalue weighted by atomic mass is 16.5. The number of hydrogen-bond donors (Lipinski definition) is 4. The average molecular weight is 779 g/mol. The van der Waals surface area contributed by atoms with Crippen LogP contribution in [0.2, 0.25) is 0 Å². The lowest BCUT2D eigenvalue weighted by atomic mass is 9.68. The number of methoxy groups -OCH3 is 1. The minimum atomic E-state index is -0.457. The Bertz CT molecular complexity index is 1410. The molecule has 10 nitrogen and oxygen atoms in total. The van der Waals surface area contributed by atoms with Crippen LogP contribution in [0.1, 0.15) is 142 Å². The van der Waals surface area contributed by atoms with Gasteiger partial charge in [-0.15, -0.1) is 4.99 Å². The van der Waals surface area contributed by atoms with E-state index in [0.717, 1.165) is 103 Å². The van der Waals surface area contributed by atoms with Crippen LogP contribution in [-0.4, -0.2) is 91.2 Å². The largest absolute Gasteiger partial charge is 0.462 e. The van der Waals surface area contributed by atoms with Crippen LogP contribution in [0.3, 0.4) is 0 Å². The van der Waals surface area contributed by atoms with E-state index in [0.29, 0.717) is 49.5 Å². The topological polar surface area (TPSA) is 139 Å². The molecule has 56 heavy (non-hydrogen) atoms. The van der Waals surface area contributed by atoms with Gasteiger partial charge in [-0.05, 0) is 126 Å². The van der Waals surface area contributed by atoms with E-state index in [-0.39, 0.29) is 66.7 Å². The molecule has 3 aliphatic carbocycles. The van der Waals surface area contributed by atoms with Gasteiger partial charge < -0.3 is 29.7 Å². The molecule has 3 heterocycles. The van der Waals surface area contributed by atoms with Gasteiger partial charge in [0.15, 0.2) is 6.21 Å². The van der Waals surface area contributed by atoms with Crippen LogP contribution in [-0.2, 0) is 23.8 Å². The van der Waals surface area contributed by atoms with Gasteiger partial charge in [-0.25, -0.2) is 0 Å². The van der Waals surface area contributed by atoms with Crippen molar-refractivity contribution in [3.63, 3.8) is 0 Å². The van der Waals surface area contributed by atoms with Gasteiger partial charge in [0.05, 0.1) is 48.8 Å². The lowest BCUT2D eigenvalue weighted by molar-refractivity contribution is -0.148. The fourth-order valence-corrected chi connectivity index (χ4v) is 11.1. The molecule has 3 aliphatic heterocycles. The Labute approximate surface area is 337 Å². The van der Waals surface area contributed by atoms with Crippen LogP contribution >= 0.6 is 0 Å². The summed E-state index contributed by atoms with van der Waals surface area (Å²) in [6.07, 6.45) is 18.3. The van der Waals surface area contributed by atoms with Crippen molar-refractivity contribution in [2.75, 3.05) is 20.2 Å². The lowest BCUT2D eigenvalue weighted by Crippen LogP contribution is -2.50. The molecule has 312 valence electrons. The number of ketones is 1. The summed E-state index contributed by atoms with van der Waals surface area (Å²) in [4.78, 5) is 30.9. The minimum Gasteiger partial charge on any atom is -0.462 e. The maximum Gasteiger partial charge on any atom is 0.302 e. The summed E-state index contributed by atoms with van der Waals surface area (Å²) in [5.74, 6) is 8.72. The number of carbonyl (C=O) groups excluding carboxylic acids is 2. The Morgan fingerprint density at radius 3 is 2.43 bits per heavy atom. The second-order valence-electron chi connectivity index (χ2n) is 18.2. The van der Waals surface area contributed by atoms with E-state index in [9.17, 15) is 19.8 Å². The van der Waals surface area contributed by atoms with Gasteiger partial charge in [0.25, 0.3) is 0 Å². The highest BCUT2D eigenvalue weighted by Crippen LogP contribution is 2.43. The normalized spacial score (nSPS) is 39.4. The number of allylic oxidation sites excluding steroid dienone is 1. The first-order valence-corrected chi connectivity index (χ1v) is 22.4. The third-order valence-corrected chi connectivity index (χ3v) is 14.2. The van der Waals surface area contributed by atoms with E-state index >= 15 is 0 Å². The first-order valence-electron chi connectivity index (χ1n) is 22.4. The Hall–Kier alpha value is -2.26. The Morgan fingerprint density at radius 1 is 0.857 bits per heavy atom. The van der Waals surface area contributed by atoms with Crippen LogP contribution in [0.5, 0.6) is 0 Å². The predicted molar refractivity (Wildman–Crippen MR) is 218 cm³/mol. The van der Waals surface area contributed by atoms with E-state index in [4.69, 9.17) is 14.2 Å². The standard InChI is InChI=1S/C46H72N3O7/c1-4-31-13-15-42(55-30(2)50)27-40(53)21-32(33-14-16-44(45(24-33)54-3)56-41-12-6-11-39(52)26-41)9-7-18-48-46-25-35(17-19-49-46)43(34-8-5-10-38(51)22-34)23-37-29-47-28-36(37)20-31/h28-29,31-35,38-39,41-46,48-49,51-52H,4-6,8,10-27H2,1-3H3/q+1. The number of aliphatic hydroxyl groups is 2. The molecule has 0 aromatic heterocycles. The molecular formula is C46H72N3O7+. The number of nitrogens with one attached hydrogen (secondary N) is 2. The summed E-state index contributed by atoms with van der Waals surface area (Å²) in [6.45, 7) is 7.24. The highest BCUT2D eigenvalue weighted by molar-refractivity contribution is 5.84. The molecule has 0 aromatic carbocycles. The molecule has 0 radical (unpaired) electrons. The number of ether oxygens (including phenoxy) is 3. The van der Waals surface area contributed by atoms with Gasteiger partial charge in [-0.1, -0.05) is 31.6 Å². The van der Waals surface area contributed by atoms with Gasteiger partial charge >= 0.3 is 5.97 Å². The number of aliphatic imine (C=N–C) groups is 1. The molecule has 10 heteroatoms. The van der Waals surface area contributed by atoms with Crippen molar-refractivity contribution >= 4 is 18.0 Å². The maximum absolute atomic E-state index is 13.9. The molecule has 2 bridgehead atoms. The van der Waals surface area contributed by atoms with Gasteiger partial charge in [0.1, 0.15) is 24.0 Å². The minimum absolute atomic E-state index is 0.0320. The second kappa shape index (κ2) is 21.7. The quantitative estimate of drug-likeness (QED) is 0.128. The van der Waals surface area contributed by atoms with Gasteiger partial charge in [0.2, 0.25) is 0 Å². The monoisotopic (exact) mass is 779 g/mol. The maximum atomic E-state index is 13.9. The fourth-order valence-electron chi connectivity index (χ4n) is 11.1. The average Bonchev–Trinajstić information content (AvgIpc) is 3.62. The summed E-state index contributed by atoms with van der Waals surface area (Å²) >= 11 is 0. The SMILES string of the molecule is CCC1CCC(OC(C)=O)CC(=O)CC(C2CCC(OC3CCCC(O)C3)C(OC)C2)C#CCNC2CC(CCN2)C(C2CCCC(O)C2)CC2=C(C=N[CH+]2)C1. The molecule has 13 atom stereocenters. The zero-order valence-electron chi connectivity index (χ0n) is 34.6. The predicted octanol–water partition coefficient (Wildman–Crippen LogP) is 6.62. The molecule has 3 saturated carbocycles. The summed E-state index contributed by atoms with van der Waals surface area (Å²) in [7, 11) is 1.75. The van der Waals surface area contributed by atoms with Crippen molar-refractivity contribution in [3.8, 4) is 11.8 Å². The van der Waals surface area contributed by atoms with Crippen LogP contribution in [0.15, 0.2) is 16.1 Å². The molecule has 13 unspecified atom stereocenters. The Morgan fingerprint density at radius 2 is 1.66 bits per heavy atom. The molecule has 0 amide bonds. The van der Waals surface area contributed by atoms with Gasteiger partial charge in [0, 0.05) is 45.6 Å². The zero-order valence-corrected chi connectivity index (χ0v) is 34.6. The van der Waals surface area contributed by atoms with Crippen molar-refractivity contribution in [1.82, 2.24) is 10.6 Å². The summed E-state index contributed by atoms with van der Waals surface area (Å²) in [6, 6.07) is 0. The zero-order chi connectivity index (χ0) is 39.4. The van der Waals surface area contributed by atoms with E-state index in [1.165, 1.54) is 24.5 Å². The third-order valence-electron chi connectivity index (χ3n) is 14.2. The molecule has 4 N–H and O–H groups in total. The van der Waals surface area contributed by atoms with Gasteiger partial charge in [-0.3, -0.25) is 14.9 Å². The molecule has 1 saturated heterocycles. The first kappa shape index (κ1) is 43.3. The third kappa shape index (κ3) is 12.6. The van der Waals surface area contributed by atoms with Crippen LogP contribution in [0, 0.1) is 53.9 Å². The summed E-state index contributed by atoms with van der Waals surface area (Å²) < 4.78 is 18.4. The number of aliphatic hydroxyl groups excluding tert-OH is 2.